The number of fused-ring (bicyclic) bond motifs is 1. The van der Waals surface area contributed by atoms with E-state index in [1.54, 1.807) is 6.07 Å². The fraction of sp³-hybridized carbons (Fsp3) is 0.500. The van der Waals surface area contributed by atoms with E-state index in [4.69, 9.17) is 0 Å². The van der Waals surface area contributed by atoms with Crippen molar-refractivity contribution in [1.29, 1.82) is 0 Å². The van der Waals surface area contributed by atoms with Crippen molar-refractivity contribution >= 4 is 23.0 Å². The Labute approximate surface area is 122 Å². The van der Waals surface area contributed by atoms with Gasteiger partial charge in [-0.25, -0.2) is 0 Å². The monoisotopic (exact) mass is 290 g/mol. The molecule has 2 aliphatic heterocycles. The molecule has 112 valence electrons. The predicted molar refractivity (Wildman–Crippen MR) is 79.7 cm³/mol. The summed E-state index contributed by atoms with van der Waals surface area (Å²) in [5.41, 5.74) is 2.02. The van der Waals surface area contributed by atoms with Crippen LogP contribution in [-0.2, 0) is 11.2 Å². The lowest BCUT2D eigenvalue weighted by molar-refractivity contribution is -0.384. The van der Waals surface area contributed by atoms with Gasteiger partial charge in [0.05, 0.1) is 11.3 Å². The number of amides is 1. The van der Waals surface area contributed by atoms with E-state index >= 15 is 0 Å². The summed E-state index contributed by atoms with van der Waals surface area (Å²) in [5, 5.41) is 17.4. The molecule has 2 heterocycles. The summed E-state index contributed by atoms with van der Waals surface area (Å²) in [6, 6.07) is 3.48. The highest BCUT2D eigenvalue weighted by molar-refractivity contribution is 6.00. The SMILES string of the molecule is CN(c1cc2c(cc1[N+](=O)[O-])CC(=O)N2)C1CCCNC1. The van der Waals surface area contributed by atoms with Crippen molar-refractivity contribution in [1.82, 2.24) is 5.32 Å². The average molecular weight is 290 g/mol. The number of hydrogen-bond acceptors (Lipinski definition) is 5. The molecule has 0 saturated carbocycles. The standard InChI is InChI=1S/C14H18N4O3/c1-17(10-3-2-4-15-8-10)12-7-11-9(6-14(19)16-11)5-13(12)18(20)21/h5,7,10,15H,2-4,6,8H2,1H3,(H,16,19). The minimum atomic E-state index is -0.370. The molecule has 1 aromatic rings. The highest BCUT2D eigenvalue weighted by Gasteiger charge is 2.29. The zero-order chi connectivity index (χ0) is 15.0. The minimum Gasteiger partial charge on any atom is -0.365 e. The van der Waals surface area contributed by atoms with Gasteiger partial charge in [-0.3, -0.25) is 14.9 Å². The first kappa shape index (κ1) is 13.8. The molecular formula is C14H18N4O3. The Bertz CT molecular complexity index is 596. The van der Waals surface area contributed by atoms with Crippen LogP contribution in [0.2, 0.25) is 0 Å². The van der Waals surface area contributed by atoms with Crippen molar-refractivity contribution in [2.45, 2.75) is 25.3 Å². The van der Waals surface area contributed by atoms with Crippen molar-refractivity contribution in [2.75, 3.05) is 30.4 Å². The second-order valence-electron chi connectivity index (χ2n) is 5.59. The number of nitrogens with one attached hydrogen (secondary N) is 2. The number of rotatable bonds is 3. The van der Waals surface area contributed by atoms with Crippen LogP contribution in [0.25, 0.3) is 0 Å². The van der Waals surface area contributed by atoms with Gasteiger partial charge in [-0.1, -0.05) is 0 Å². The number of piperidine rings is 1. The van der Waals surface area contributed by atoms with Gasteiger partial charge >= 0.3 is 0 Å². The number of nitro groups is 1. The van der Waals surface area contributed by atoms with Crippen LogP contribution < -0.4 is 15.5 Å². The molecule has 3 rings (SSSR count). The lowest BCUT2D eigenvalue weighted by Crippen LogP contribution is -2.44. The van der Waals surface area contributed by atoms with Crippen LogP contribution in [0.3, 0.4) is 0 Å². The summed E-state index contributed by atoms with van der Waals surface area (Å²) in [6.45, 7) is 1.81. The van der Waals surface area contributed by atoms with Crippen molar-refractivity contribution < 1.29 is 9.72 Å². The van der Waals surface area contributed by atoms with E-state index in [1.807, 2.05) is 11.9 Å². The lowest BCUT2D eigenvalue weighted by Gasteiger charge is -2.33. The van der Waals surface area contributed by atoms with Gasteiger partial charge in [-0.15, -0.1) is 0 Å². The Morgan fingerprint density at radius 1 is 1.43 bits per heavy atom. The van der Waals surface area contributed by atoms with Crippen molar-refractivity contribution in [2.24, 2.45) is 0 Å². The zero-order valence-electron chi connectivity index (χ0n) is 11.9. The number of benzene rings is 1. The van der Waals surface area contributed by atoms with Gasteiger partial charge in [0.15, 0.2) is 0 Å². The quantitative estimate of drug-likeness (QED) is 0.646. The Kier molecular flexibility index (Phi) is 3.50. The molecule has 1 aromatic carbocycles. The van der Waals surface area contributed by atoms with Crippen molar-refractivity contribution in [3.05, 3.63) is 27.8 Å². The van der Waals surface area contributed by atoms with E-state index in [0.29, 0.717) is 16.9 Å². The summed E-state index contributed by atoms with van der Waals surface area (Å²) in [5.74, 6) is -0.113. The molecule has 7 nitrogen and oxygen atoms in total. The Balaban J connectivity index is 1.98. The molecule has 0 aliphatic carbocycles. The van der Waals surface area contributed by atoms with Gasteiger partial charge in [0.1, 0.15) is 5.69 Å². The van der Waals surface area contributed by atoms with Gasteiger partial charge in [-0.2, -0.15) is 0 Å². The van der Waals surface area contributed by atoms with E-state index in [2.05, 4.69) is 10.6 Å². The number of nitrogens with zero attached hydrogens (tertiary/aromatic N) is 2. The number of likely N-dealkylation sites (N-methyl/N-ethyl adjacent to an activating group) is 1. The topological polar surface area (TPSA) is 87.5 Å². The maximum atomic E-state index is 11.5. The Hall–Kier alpha value is -2.15. The molecule has 2 N–H and O–H groups in total. The van der Waals surface area contributed by atoms with Crippen LogP contribution in [0.4, 0.5) is 17.1 Å². The van der Waals surface area contributed by atoms with E-state index in [0.717, 1.165) is 25.9 Å². The molecule has 1 unspecified atom stereocenters. The second-order valence-corrected chi connectivity index (χ2v) is 5.59. The highest BCUT2D eigenvalue weighted by atomic mass is 16.6. The number of anilines is 2. The number of carbonyl (C=O) groups excluding carboxylic acids is 1. The summed E-state index contributed by atoms with van der Waals surface area (Å²) in [6.07, 6.45) is 2.28. The van der Waals surface area contributed by atoms with Crippen LogP contribution in [0.1, 0.15) is 18.4 Å². The molecule has 1 amide bonds. The molecule has 1 saturated heterocycles. The smallest absolute Gasteiger partial charge is 0.292 e. The second kappa shape index (κ2) is 5.33. The van der Waals surface area contributed by atoms with Crippen molar-refractivity contribution in [3.63, 3.8) is 0 Å². The molecule has 0 bridgehead atoms. The fourth-order valence-electron chi connectivity index (χ4n) is 3.04. The molecule has 0 radical (unpaired) electrons. The third-order valence-corrected chi connectivity index (χ3v) is 4.22. The first-order valence-electron chi connectivity index (χ1n) is 7.11. The predicted octanol–water partition coefficient (Wildman–Crippen LogP) is 1.28. The molecule has 1 fully saturated rings. The maximum absolute atomic E-state index is 11.5. The van der Waals surface area contributed by atoms with Crippen LogP contribution in [-0.4, -0.2) is 37.0 Å². The number of nitro benzene ring substituents is 1. The molecule has 0 spiro atoms. The molecule has 2 aliphatic rings. The number of carbonyl (C=O) groups is 1. The Morgan fingerprint density at radius 2 is 2.24 bits per heavy atom. The first-order valence-corrected chi connectivity index (χ1v) is 7.11. The largest absolute Gasteiger partial charge is 0.365 e. The summed E-state index contributed by atoms with van der Waals surface area (Å²) in [7, 11) is 1.88. The lowest BCUT2D eigenvalue weighted by atomic mass is 10.0. The van der Waals surface area contributed by atoms with Crippen LogP contribution >= 0.6 is 0 Å². The normalized spacial score (nSPS) is 20.8. The van der Waals surface area contributed by atoms with E-state index < -0.39 is 0 Å². The van der Waals surface area contributed by atoms with Gasteiger partial charge in [0.2, 0.25) is 5.91 Å². The number of hydrogen-bond donors (Lipinski definition) is 2. The van der Waals surface area contributed by atoms with E-state index in [-0.39, 0.29) is 29.0 Å². The first-order chi connectivity index (χ1) is 10.1. The molecule has 0 aromatic heterocycles. The zero-order valence-corrected chi connectivity index (χ0v) is 11.9. The fourth-order valence-corrected chi connectivity index (χ4v) is 3.04. The van der Waals surface area contributed by atoms with E-state index in [9.17, 15) is 14.9 Å². The third-order valence-electron chi connectivity index (χ3n) is 4.22. The van der Waals surface area contributed by atoms with Gasteiger partial charge < -0.3 is 15.5 Å². The van der Waals surface area contributed by atoms with Gasteiger partial charge in [0, 0.05) is 31.4 Å². The summed E-state index contributed by atoms with van der Waals surface area (Å²) < 4.78 is 0. The van der Waals surface area contributed by atoms with Crippen LogP contribution in [0.15, 0.2) is 12.1 Å². The highest BCUT2D eigenvalue weighted by Crippen LogP contribution is 2.37. The summed E-state index contributed by atoms with van der Waals surface area (Å²) in [4.78, 5) is 24.4. The van der Waals surface area contributed by atoms with Gasteiger partial charge in [-0.05, 0) is 31.0 Å². The minimum absolute atomic E-state index is 0.0679. The summed E-state index contributed by atoms with van der Waals surface area (Å²) >= 11 is 0. The third kappa shape index (κ3) is 2.56. The van der Waals surface area contributed by atoms with Crippen LogP contribution in [0.5, 0.6) is 0 Å². The van der Waals surface area contributed by atoms with E-state index in [1.165, 1.54) is 6.07 Å². The molecular weight excluding hydrogens is 272 g/mol. The molecule has 1 atom stereocenters. The average Bonchev–Trinajstić information content (AvgIpc) is 2.85. The maximum Gasteiger partial charge on any atom is 0.292 e. The van der Waals surface area contributed by atoms with Crippen LogP contribution in [0, 0.1) is 10.1 Å². The molecule has 7 heteroatoms. The van der Waals surface area contributed by atoms with Crippen molar-refractivity contribution in [3.8, 4) is 0 Å². The Morgan fingerprint density at radius 3 is 2.90 bits per heavy atom. The molecule has 21 heavy (non-hydrogen) atoms. The van der Waals surface area contributed by atoms with Gasteiger partial charge in [0.25, 0.3) is 5.69 Å².